The molecule has 3 aromatic rings. The first-order valence-electron chi connectivity index (χ1n) is 11.7. The molecule has 4 heterocycles. The number of amides is 1. The first kappa shape index (κ1) is 22.2. The molecular weight excluding hydrogens is 435 g/mol. The highest BCUT2D eigenvalue weighted by Crippen LogP contribution is 2.30. The van der Waals surface area contributed by atoms with Gasteiger partial charge >= 0.3 is 0 Å². The Bertz CT molecular complexity index is 1160. The summed E-state index contributed by atoms with van der Waals surface area (Å²) in [6.07, 6.45) is 2.18. The van der Waals surface area contributed by atoms with E-state index in [0.717, 1.165) is 23.6 Å². The number of carbonyl (C=O) groups excluding carboxylic acids is 1. The second-order valence-corrected chi connectivity index (χ2v) is 8.67. The molecule has 0 spiro atoms. The van der Waals surface area contributed by atoms with Gasteiger partial charge < -0.3 is 24.0 Å². The lowest BCUT2D eigenvalue weighted by Gasteiger charge is -2.37. The first-order chi connectivity index (χ1) is 16.5. The van der Waals surface area contributed by atoms with Crippen LogP contribution in [0.2, 0.25) is 0 Å². The van der Waals surface area contributed by atoms with Crippen molar-refractivity contribution in [3.8, 4) is 0 Å². The molecule has 34 heavy (non-hydrogen) atoms. The van der Waals surface area contributed by atoms with E-state index in [4.69, 9.17) is 14.4 Å². The van der Waals surface area contributed by atoms with Gasteiger partial charge in [-0.15, -0.1) is 0 Å². The number of carbonyl (C=O) groups is 1. The molecule has 178 valence electrons. The van der Waals surface area contributed by atoms with Crippen LogP contribution in [0.5, 0.6) is 0 Å². The summed E-state index contributed by atoms with van der Waals surface area (Å²) in [5.74, 6) is 1.60. The monoisotopic (exact) mass is 464 g/mol. The van der Waals surface area contributed by atoms with Crippen molar-refractivity contribution >= 4 is 23.4 Å². The van der Waals surface area contributed by atoms with Crippen LogP contribution in [-0.4, -0.2) is 67.1 Å². The number of benzene rings is 1. The van der Waals surface area contributed by atoms with Crippen LogP contribution in [0.1, 0.15) is 28.7 Å². The number of rotatable bonds is 5. The summed E-state index contributed by atoms with van der Waals surface area (Å²) in [7, 11) is 2.01. The number of piperazine rings is 1. The topological polar surface area (TPSA) is 69.0 Å². The van der Waals surface area contributed by atoms with Gasteiger partial charge in [-0.25, -0.2) is 9.37 Å². The second kappa shape index (κ2) is 9.32. The lowest BCUT2D eigenvalue weighted by molar-refractivity contribution is 0.0701. The summed E-state index contributed by atoms with van der Waals surface area (Å²) >= 11 is 0. The molecule has 0 aliphatic carbocycles. The molecule has 0 atom stereocenters. The minimum absolute atomic E-state index is 0.117. The van der Waals surface area contributed by atoms with Crippen LogP contribution in [0.3, 0.4) is 0 Å². The summed E-state index contributed by atoms with van der Waals surface area (Å²) < 4.78 is 19.5. The Hall–Kier alpha value is -3.62. The minimum Gasteiger partial charge on any atom is -0.459 e. The van der Waals surface area contributed by atoms with Crippen molar-refractivity contribution in [1.29, 1.82) is 0 Å². The third kappa shape index (κ3) is 4.18. The first-order valence-corrected chi connectivity index (χ1v) is 11.7. The van der Waals surface area contributed by atoms with Crippen molar-refractivity contribution in [3.05, 3.63) is 65.5 Å². The fourth-order valence-electron chi connectivity index (χ4n) is 4.58. The molecule has 0 bridgehead atoms. The minimum atomic E-state index is -0.193. The SMILES string of the molecule is CCN(C)c1nc(N2CCN(c3ccccc3F)CC2)nc2c1CN(C(=O)c1ccco1)CC2. The Morgan fingerprint density at radius 1 is 1.06 bits per heavy atom. The molecule has 8 nitrogen and oxygen atoms in total. The van der Waals surface area contributed by atoms with E-state index >= 15 is 0 Å². The van der Waals surface area contributed by atoms with Crippen molar-refractivity contribution < 1.29 is 13.6 Å². The van der Waals surface area contributed by atoms with Crippen LogP contribution in [0.15, 0.2) is 47.1 Å². The average molecular weight is 465 g/mol. The maximum absolute atomic E-state index is 14.2. The molecule has 1 fully saturated rings. The molecule has 1 saturated heterocycles. The molecule has 2 aromatic heterocycles. The fraction of sp³-hybridized carbons (Fsp3) is 0.400. The van der Waals surface area contributed by atoms with Crippen LogP contribution < -0.4 is 14.7 Å². The van der Waals surface area contributed by atoms with Crippen molar-refractivity contribution in [3.63, 3.8) is 0 Å². The van der Waals surface area contributed by atoms with Gasteiger partial charge in [0.15, 0.2) is 5.76 Å². The van der Waals surface area contributed by atoms with Gasteiger partial charge in [0.25, 0.3) is 5.91 Å². The van der Waals surface area contributed by atoms with E-state index < -0.39 is 0 Å². The summed E-state index contributed by atoms with van der Waals surface area (Å²) in [5, 5.41) is 0. The molecule has 0 N–H and O–H groups in total. The van der Waals surface area contributed by atoms with Gasteiger partial charge in [-0.05, 0) is 31.2 Å². The van der Waals surface area contributed by atoms with Crippen LogP contribution in [0, 0.1) is 5.82 Å². The Balaban J connectivity index is 1.37. The predicted molar refractivity (Wildman–Crippen MR) is 129 cm³/mol. The van der Waals surface area contributed by atoms with Crippen molar-refractivity contribution in [2.75, 3.05) is 61.0 Å². The van der Waals surface area contributed by atoms with Crippen molar-refractivity contribution in [1.82, 2.24) is 14.9 Å². The predicted octanol–water partition coefficient (Wildman–Crippen LogP) is 3.19. The number of para-hydroxylation sites is 1. The number of hydrogen-bond acceptors (Lipinski definition) is 7. The van der Waals surface area contributed by atoms with Crippen molar-refractivity contribution in [2.24, 2.45) is 0 Å². The molecule has 1 aromatic carbocycles. The van der Waals surface area contributed by atoms with E-state index in [1.165, 1.54) is 12.3 Å². The zero-order valence-electron chi connectivity index (χ0n) is 19.6. The number of halogens is 1. The fourth-order valence-corrected chi connectivity index (χ4v) is 4.58. The van der Waals surface area contributed by atoms with E-state index in [-0.39, 0.29) is 11.7 Å². The highest BCUT2D eigenvalue weighted by Gasteiger charge is 2.30. The molecule has 0 radical (unpaired) electrons. The molecular formula is C25H29FN6O2. The Morgan fingerprint density at radius 2 is 1.82 bits per heavy atom. The third-order valence-electron chi connectivity index (χ3n) is 6.64. The van der Waals surface area contributed by atoms with Gasteiger partial charge in [-0.3, -0.25) is 4.79 Å². The molecule has 2 aliphatic heterocycles. The summed E-state index contributed by atoms with van der Waals surface area (Å²) in [6.45, 7) is 6.73. The van der Waals surface area contributed by atoms with Crippen LogP contribution in [-0.2, 0) is 13.0 Å². The smallest absolute Gasteiger partial charge is 0.289 e. The third-order valence-corrected chi connectivity index (χ3v) is 6.64. The van der Waals surface area contributed by atoms with E-state index in [1.807, 2.05) is 19.2 Å². The number of aromatic nitrogens is 2. The van der Waals surface area contributed by atoms with E-state index in [9.17, 15) is 9.18 Å². The average Bonchev–Trinajstić information content (AvgIpc) is 3.42. The highest BCUT2D eigenvalue weighted by atomic mass is 19.1. The van der Waals surface area contributed by atoms with Gasteiger partial charge in [0, 0.05) is 58.3 Å². The lowest BCUT2D eigenvalue weighted by atomic mass is 10.1. The Labute approximate surface area is 198 Å². The summed E-state index contributed by atoms with van der Waals surface area (Å²) in [5.41, 5.74) is 2.62. The normalized spacial score (nSPS) is 15.9. The molecule has 9 heteroatoms. The molecule has 2 aliphatic rings. The molecule has 0 unspecified atom stereocenters. The largest absolute Gasteiger partial charge is 0.459 e. The van der Waals surface area contributed by atoms with Crippen LogP contribution in [0.4, 0.5) is 21.8 Å². The number of nitrogens with zero attached hydrogens (tertiary/aromatic N) is 6. The van der Waals surface area contributed by atoms with Gasteiger partial charge in [-0.2, -0.15) is 4.98 Å². The maximum Gasteiger partial charge on any atom is 0.289 e. The van der Waals surface area contributed by atoms with Gasteiger partial charge in [-0.1, -0.05) is 12.1 Å². The lowest BCUT2D eigenvalue weighted by Crippen LogP contribution is -2.47. The van der Waals surface area contributed by atoms with Gasteiger partial charge in [0.1, 0.15) is 11.6 Å². The number of furan rings is 1. The van der Waals surface area contributed by atoms with E-state index in [2.05, 4.69) is 21.6 Å². The van der Waals surface area contributed by atoms with E-state index in [0.29, 0.717) is 63.1 Å². The number of hydrogen-bond donors (Lipinski definition) is 0. The number of fused-ring (bicyclic) bond motifs is 1. The molecule has 5 rings (SSSR count). The number of anilines is 3. The summed E-state index contributed by atoms with van der Waals surface area (Å²) in [4.78, 5) is 30.8. The van der Waals surface area contributed by atoms with Gasteiger partial charge in [0.2, 0.25) is 5.95 Å². The standard InChI is InChI=1S/C25H29FN6O2/c1-3-29(2)23-18-17-32(24(33)22-9-6-16-34-22)11-10-20(18)27-25(28-23)31-14-12-30(13-15-31)21-8-5-4-7-19(21)26/h4-9,16H,3,10-15,17H2,1-2H3. The summed E-state index contributed by atoms with van der Waals surface area (Å²) in [6, 6.07) is 10.3. The maximum atomic E-state index is 14.2. The Kier molecular flexibility index (Phi) is 6.08. The molecule has 1 amide bonds. The quantitative estimate of drug-likeness (QED) is 0.574. The Morgan fingerprint density at radius 3 is 2.53 bits per heavy atom. The highest BCUT2D eigenvalue weighted by molar-refractivity contribution is 5.91. The molecule has 0 saturated carbocycles. The van der Waals surface area contributed by atoms with Crippen LogP contribution in [0.25, 0.3) is 0 Å². The van der Waals surface area contributed by atoms with Gasteiger partial charge in [0.05, 0.1) is 24.2 Å². The van der Waals surface area contributed by atoms with Crippen molar-refractivity contribution in [2.45, 2.75) is 19.9 Å². The van der Waals surface area contributed by atoms with E-state index in [1.54, 1.807) is 23.1 Å². The zero-order chi connectivity index (χ0) is 23.7. The second-order valence-electron chi connectivity index (χ2n) is 8.67. The van der Waals surface area contributed by atoms with Crippen LogP contribution >= 0.6 is 0 Å². The zero-order valence-corrected chi connectivity index (χ0v) is 19.6.